The van der Waals surface area contributed by atoms with Gasteiger partial charge in [0.1, 0.15) is 0 Å². The molecule has 2 amide bonds. The predicted molar refractivity (Wildman–Crippen MR) is 103 cm³/mol. The van der Waals surface area contributed by atoms with Crippen molar-refractivity contribution in [3.05, 3.63) is 64.7 Å². The molecule has 0 aliphatic heterocycles. The molecule has 2 rings (SSSR count). The summed E-state index contributed by atoms with van der Waals surface area (Å²) in [6, 6.07) is 12.8. The molecule has 0 radical (unpaired) electrons. The second-order valence-electron chi connectivity index (χ2n) is 5.77. The third-order valence-corrected chi connectivity index (χ3v) is 5.00. The van der Waals surface area contributed by atoms with Gasteiger partial charge in [0, 0.05) is 19.5 Å². The first-order valence-corrected chi connectivity index (χ1v) is 10.1. The van der Waals surface area contributed by atoms with E-state index in [9.17, 15) is 18.0 Å². The summed E-state index contributed by atoms with van der Waals surface area (Å²) >= 11 is 5.94. The topological polar surface area (TPSA) is 118 Å². The molecule has 144 valence electrons. The third-order valence-electron chi connectivity index (χ3n) is 3.74. The Morgan fingerprint density at radius 3 is 2.26 bits per heavy atom. The third kappa shape index (κ3) is 6.67. The molecule has 0 atom stereocenters. The summed E-state index contributed by atoms with van der Waals surface area (Å²) in [5, 5.41) is 10.8. The Morgan fingerprint density at radius 2 is 1.63 bits per heavy atom. The molecule has 7 nitrogen and oxygen atoms in total. The van der Waals surface area contributed by atoms with Crippen molar-refractivity contribution in [3.63, 3.8) is 0 Å². The highest BCUT2D eigenvalue weighted by atomic mass is 35.5. The molecular formula is C18H20ClN3O4S. The number of sulfonamides is 1. The summed E-state index contributed by atoms with van der Waals surface area (Å²) in [7, 11) is -3.71. The van der Waals surface area contributed by atoms with Crippen molar-refractivity contribution < 1.29 is 18.0 Å². The lowest BCUT2D eigenvalue weighted by Crippen LogP contribution is -2.31. The number of hydrogen-bond acceptors (Lipinski definition) is 4. The van der Waals surface area contributed by atoms with Crippen molar-refractivity contribution in [2.75, 3.05) is 13.1 Å². The van der Waals surface area contributed by atoms with Gasteiger partial charge in [-0.1, -0.05) is 35.9 Å². The lowest BCUT2D eigenvalue weighted by atomic mass is 10.1. The molecule has 0 saturated carbocycles. The highest BCUT2D eigenvalue weighted by molar-refractivity contribution is 7.89. The molecule has 0 aromatic heterocycles. The lowest BCUT2D eigenvalue weighted by Gasteiger charge is -2.08. The summed E-state index contributed by atoms with van der Waals surface area (Å²) < 4.78 is 22.4. The second-order valence-corrected chi connectivity index (χ2v) is 7.74. The predicted octanol–water partition coefficient (Wildman–Crippen LogP) is 1.47. The van der Waals surface area contributed by atoms with Crippen LogP contribution in [0.4, 0.5) is 0 Å². The van der Waals surface area contributed by atoms with Gasteiger partial charge in [-0.15, -0.1) is 0 Å². The fraction of sp³-hybridized carbons (Fsp3) is 0.222. The molecule has 0 unspecified atom stereocenters. The van der Waals surface area contributed by atoms with Gasteiger partial charge < -0.3 is 10.6 Å². The van der Waals surface area contributed by atoms with E-state index in [-0.39, 0.29) is 29.7 Å². The van der Waals surface area contributed by atoms with E-state index in [1.165, 1.54) is 12.1 Å². The second kappa shape index (κ2) is 9.50. The van der Waals surface area contributed by atoms with E-state index in [2.05, 4.69) is 10.6 Å². The molecule has 0 spiro atoms. The van der Waals surface area contributed by atoms with Crippen LogP contribution < -0.4 is 15.8 Å². The Morgan fingerprint density at radius 1 is 0.963 bits per heavy atom. The molecule has 27 heavy (non-hydrogen) atoms. The Balaban J connectivity index is 1.69. The van der Waals surface area contributed by atoms with E-state index in [0.29, 0.717) is 23.6 Å². The smallest absolute Gasteiger partial charge is 0.252 e. The fourth-order valence-corrected chi connectivity index (χ4v) is 3.05. The first-order chi connectivity index (χ1) is 12.8. The largest absolute Gasteiger partial charge is 0.356 e. The summed E-state index contributed by atoms with van der Waals surface area (Å²) in [6.45, 7) is 0.588. The number of primary sulfonamides is 1. The number of rotatable bonds is 8. The minimum atomic E-state index is -3.71. The van der Waals surface area contributed by atoms with E-state index in [0.717, 1.165) is 5.56 Å². The lowest BCUT2D eigenvalue weighted by molar-refractivity contribution is -0.120. The molecule has 2 aromatic rings. The van der Waals surface area contributed by atoms with Gasteiger partial charge >= 0.3 is 0 Å². The molecule has 0 heterocycles. The van der Waals surface area contributed by atoms with Crippen molar-refractivity contribution in [1.29, 1.82) is 0 Å². The van der Waals surface area contributed by atoms with Crippen molar-refractivity contribution >= 4 is 33.4 Å². The SMILES string of the molecule is NS(=O)(=O)c1ccc(CCNC(=O)CCNC(=O)c2ccccc2Cl)cc1. The number of carbonyl (C=O) groups excluding carboxylic acids is 2. The van der Waals surface area contributed by atoms with Crippen LogP contribution in [-0.4, -0.2) is 33.3 Å². The highest BCUT2D eigenvalue weighted by Gasteiger charge is 2.10. The zero-order valence-electron chi connectivity index (χ0n) is 14.4. The maximum Gasteiger partial charge on any atom is 0.252 e. The van der Waals surface area contributed by atoms with Gasteiger partial charge in [-0.25, -0.2) is 13.6 Å². The first kappa shape index (κ1) is 20.9. The number of nitrogens with one attached hydrogen (secondary N) is 2. The number of amides is 2. The Bertz CT molecular complexity index is 914. The molecule has 0 saturated heterocycles. The number of halogens is 1. The first-order valence-electron chi connectivity index (χ1n) is 8.18. The van der Waals surface area contributed by atoms with E-state index in [1.807, 2.05) is 0 Å². The van der Waals surface area contributed by atoms with Gasteiger partial charge in [-0.05, 0) is 36.2 Å². The molecule has 2 aromatic carbocycles. The molecule has 0 aliphatic carbocycles. The van der Waals surface area contributed by atoms with Crippen molar-refractivity contribution in [3.8, 4) is 0 Å². The summed E-state index contributed by atoms with van der Waals surface area (Å²) in [5.41, 5.74) is 1.23. The average molecular weight is 410 g/mol. The summed E-state index contributed by atoms with van der Waals surface area (Å²) in [6.07, 6.45) is 0.684. The van der Waals surface area contributed by atoms with E-state index >= 15 is 0 Å². The standard InChI is InChI=1S/C18H20ClN3O4S/c19-16-4-2-1-3-15(16)18(24)22-12-10-17(23)21-11-9-13-5-7-14(8-6-13)27(20,25)26/h1-8H,9-12H2,(H,21,23)(H,22,24)(H2,20,25,26). The van der Waals surface area contributed by atoms with Crippen LogP contribution in [0.3, 0.4) is 0 Å². The van der Waals surface area contributed by atoms with Crippen LogP contribution in [0.2, 0.25) is 5.02 Å². The van der Waals surface area contributed by atoms with Gasteiger partial charge in [-0.2, -0.15) is 0 Å². The van der Waals surface area contributed by atoms with E-state index in [1.54, 1.807) is 36.4 Å². The molecule has 9 heteroatoms. The maximum atomic E-state index is 12.0. The van der Waals surface area contributed by atoms with Crippen LogP contribution in [0, 0.1) is 0 Å². The maximum absolute atomic E-state index is 12.0. The monoisotopic (exact) mass is 409 g/mol. The normalized spacial score (nSPS) is 11.0. The van der Waals surface area contributed by atoms with E-state index in [4.69, 9.17) is 16.7 Å². The van der Waals surface area contributed by atoms with E-state index < -0.39 is 10.0 Å². The van der Waals surface area contributed by atoms with Crippen LogP contribution in [0.25, 0.3) is 0 Å². The zero-order valence-corrected chi connectivity index (χ0v) is 16.0. The number of carbonyl (C=O) groups is 2. The van der Waals surface area contributed by atoms with Crippen LogP contribution in [0.5, 0.6) is 0 Å². The van der Waals surface area contributed by atoms with Gasteiger partial charge in [0.15, 0.2) is 0 Å². The van der Waals surface area contributed by atoms with Crippen molar-refractivity contribution in [2.24, 2.45) is 5.14 Å². The van der Waals surface area contributed by atoms with Crippen LogP contribution in [0.15, 0.2) is 53.4 Å². The summed E-state index contributed by atoms with van der Waals surface area (Å²) in [4.78, 5) is 23.8. The van der Waals surface area contributed by atoms with Gasteiger partial charge in [-0.3, -0.25) is 9.59 Å². The number of hydrogen-bond donors (Lipinski definition) is 3. The molecule has 4 N–H and O–H groups in total. The minimum absolute atomic E-state index is 0.0459. The highest BCUT2D eigenvalue weighted by Crippen LogP contribution is 2.14. The quantitative estimate of drug-likeness (QED) is 0.611. The van der Waals surface area contributed by atoms with Crippen molar-refractivity contribution in [2.45, 2.75) is 17.7 Å². The fourth-order valence-electron chi connectivity index (χ4n) is 2.31. The number of nitrogens with two attached hydrogens (primary N) is 1. The zero-order chi connectivity index (χ0) is 19.9. The van der Waals surface area contributed by atoms with Gasteiger partial charge in [0.2, 0.25) is 15.9 Å². The Labute approximate surface area is 163 Å². The van der Waals surface area contributed by atoms with Crippen LogP contribution in [-0.2, 0) is 21.2 Å². The molecule has 0 bridgehead atoms. The average Bonchev–Trinajstić information content (AvgIpc) is 2.61. The van der Waals surface area contributed by atoms with Gasteiger partial charge in [0.25, 0.3) is 5.91 Å². The molecule has 0 aliphatic rings. The Hall–Kier alpha value is -2.42. The molecular weight excluding hydrogens is 390 g/mol. The minimum Gasteiger partial charge on any atom is -0.356 e. The molecule has 0 fully saturated rings. The van der Waals surface area contributed by atoms with Crippen LogP contribution >= 0.6 is 11.6 Å². The van der Waals surface area contributed by atoms with Gasteiger partial charge in [0.05, 0.1) is 15.5 Å². The van der Waals surface area contributed by atoms with Crippen LogP contribution in [0.1, 0.15) is 22.3 Å². The Kier molecular flexibility index (Phi) is 7.35. The number of benzene rings is 2. The van der Waals surface area contributed by atoms with Crippen molar-refractivity contribution in [1.82, 2.24) is 10.6 Å². The summed E-state index contributed by atoms with van der Waals surface area (Å²) in [5.74, 6) is -0.529.